The monoisotopic (exact) mass is 1360 g/mol. The molecule has 24 atom stereocenters. The van der Waals surface area contributed by atoms with Crippen molar-refractivity contribution < 1.29 is 19.8 Å². The predicted molar refractivity (Wildman–Crippen MR) is 395 cm³/mol. The summed E-state index contributed by atoms with van der Waals surface area (Å²) in [6, 6.07) is 54.4. The molecule has 0 aromatic heterocycles. The van der Waals surface area contributed by atoms with E-state index in [1.165, 1.54) is 122 Å². The summed E-state index contributed by atoms with van der Waals surface area (Å²) in [5, 5.41) is 23.1. The van der Waals surface area contributed by atoms with Crippen LogP contribution in [0, 0.1) is 0 Å². The molecule has 0 bridgehead atoms. The van der Waals surface area contributed by atoms with Gasteiger partial charge in [-0.15, -0.1) is 0 Å². The molecular formula is C90H78N10O4. The number of fused-ring (bicyclic) bond motifs is 2. The summed E-state index contributed by atoms with van der Waals surface area (Å²) in [4.78, 5) is 39.7. The number of hydrogen-bond donors (Lipinski definition) is 8. The average Bonchev–Trinajstić information content (AvgIpc) is 0.622. The Morgan fingerprint density at radius 1 is 0.288 bits per heavy atom. The Hall–Kier alpha value is -9.26. The van der Waals surface area contributed by atoms with Gasteiger partial charge in [0.15, 0.2) is 0 Å². The molecule has 0 fully saturated rings. The van der Waals surface area contributed by atoms with Crippen molar-refractivity contribution >= 4 is 11.9 Å². The first-order valence-corrected chi connectivity index (χ1v) is 38.0. The van der Waals surface area contributed by atoms with E-state index in [9.17, 15) is 19.8 Å². The minimum absolute atomic E-state index is 0.145. The van der Waals surface area contributed by atoms with Crippen LogP contribution in [-0.2, 0) is 9.59 Å². The topological polar surface area (TPSA) is 244 Å². The molecule has 0 amide bonds. The number of carboxylic acid groups (broad SMARTS) is 2. The Bertz CT molecular complexity index is 5380. The fraction of sp³-hybridized carbons (Fsp3) is 0.311. The number of aliphatic carboxylic acids is 2. The molecule has 14 heteroatoms. The maximum absolute atomic E-state index is 14.1. The van der Waals surface area contributed by atoms with Gasteiger partial charge < -0.3 is 44.6 Å². The molecule has 0 saturated carbocycles. The number of nitrogens with zero attached hydrogens (tertiary/aromatic N) is 4. The first-order chi connectivity index (χ1) is 50.6. The van der Waals surface area contributed by atoms with Crippen LogP contribution in [0.15, 0.2) is 170 Å². The van der Waals surface area contributed by atoms with E-state index in [-0.39, 0.29) is 96.2 Å². The second kappa shape index (κ2) is 19.2. The smallest absolute Gasteiger partial charge is 0.321 e. The minimum atomic E-state index is -1.26. The van der Waals surface area contributed by atoms with E-state index in [1.54, 1.807) is 0 Å². The lowest BCUT2D eigenvalue weighted by atomic mass is 9.45. The van der Waals surface area contributed by atoms with Gasteiger partial charge in [-0.05, 0) is 206 Å². The van der Waals surface area contributed by atoms with Crippen LogP contribution in [0.25, 0.3) is 22.3 Å². The van der Waals surface area contributed by atoms with Gasteiger partial charge in [0.25, 0.3) is 0 Å². The zero-order chi connectivity index (χ0) is 69.6. The fourth-order valence-corrected chi connectivity index (χ4v) is 27.3. The fourth-order valence-electron chi connectivity index (χ4n) is 27.3. The Balaban J connectivity index is 0.919. The Morgan fingerprint density at radius 2 is 0.587 bits per heavy atom. The maximum Gasteiger partial charge on any atom is 0.321 e. The normalized spacial score (nSPS) is 34.4. The van der Waals surface area contributed by atoms with Crippen molar-refractivity contribution in [3.05, 3.63) is 326 Å². The van der Waals surface area contributed by atoms with Crippen molar-refractivity contribution in [2.75, 3.05) is 0 Å². The van der Waals surface area contributed by atoms with Crippen molar-refractivity contribution in [1.82, 2.24) is 19.6 Å². The molecule has 0 spiro atoms. The van der Waals surface area contributed by atoms with Gasteiger partial charge in [-0.1, -0.05) is 170 Å². The molecule has 512 valence electrons. The molecular weight excluding hydrogens is 1290 g/mol. The van der Waals surface area contributed by atoms with Crippen LogP contribution in [0.1, 0.15) is 316 Å². The Labute approximate surface area is 602 Å². The number of benzene rings is 10. The third-order valence-electron chi connectivity index (χ3n) is 30.2. The molecule has 14 nitrogen and oxygen atoms in total. The summed E-state index contributed by atoms with van der Waals surface area (Å²) in [6.45, 7) is 9.74. The first kappa shape index (κ1) is 59.0. The van der Waals surface area contributed by atoms with Crippen molar-refractivity contribution in [1.29, 1.82) is 0 Å². The van der Waals surface area contributed by atoms with Crippen molar-refractivity contribution in [2.45, 2.75) is 172 Å². The molecule has 14 N–H and O–H groups in total. The van der Waals surface area contributed by atoms with Gasteiger partial charge in [-0.25, -0.2) is 0 Å². The van der Waals surface area contributed by atoms with Crippen LogP contribution in [0.5, 0.6) is 0 Å². The van der Waals surface area contributed by atoms with Gasteiger partial charge in [0.2, 0.25) is 0 Å². The maximum atomic E-state index is 14.1. The lowest BCUT2D eigenvalue weighted by Gasteiger charge is -2.69. The van der Waals surface area contributed by atoms with Crippen molar-refractivity contribution in [3.63, 3.8) is 0 Å². The number of rotatable bonds is 8. The molecule has 10 aromatic rings. The molecule has 8 aliphatic heterocycles. The predicted octanol–water partition coefficient (Wildman–Crippen LogP) is 14.3. The quantitative estimate of drug-likeness (QED) is 0.0706. The Morgan fingerprint density at radius 3 is 0.933 bits per heavy atom. The number of carbonyl (C=O) groups is 2. The van der Waals surface area contributed by atoms with E-state index in [1.807, 2.05) is 0 Å². The lowest BCUT2D eigenvalue weighted by Crippen LogP contribution is -2.59. The first-order valence-electron chi connectivity index (χ1n) is 38.0. The van der Waals surface area contributed by atoms with E-state index in [0.717, 1.165) is 55.6 Å². The van der Waals surface area contributed by atoms with Gasteiger partial charge in [0, 0.05) is 95.9 Å². The minimum Gasteiger partial charge on any atom is -0.480 e. The molecule has 104 heavy (non-hydrogen) atoms. The van der Waals surface area contributed by atoms with Crippen LogP contribution in [0.4, 0.5) is 0 Å². The molecule has 0 radical (unpaired) electrons. The zero-order valence-corrected chi connectivity index (χ0v) is 58.0. The third kappa shape index (κ3) is 6.20. The van der Waals surface area contributed by atoms with Crippen LogP contribution >= 0.6 is 0 Å². The highest BCUT2D eigenvalue weighted by Crippen LogP contribution is 2.83. The molecule has 10 aromatic carbocycles. The lowest BCUT2D eigenvalue weighted by molar-refractivity contribution is -0.139. The molecule has 25 rings (SSSR count). The third-order valence-corrected chi connectivity index (χ3v) is 30.2. The summed E-state index contributed by atoms with van der Waals surface area (Å²) in [5.41, 5.74) is 88.0. The van der Waals surface area contributed by atoms with E-state index >= 15 is 0 Å². The SMILES string of the molecule is CC1c2cccc3c2C2c4c(cc5c6c4-c4c7c8c(c9c4C2N1C(c1ccccc1)C9N)C(C)N1C(c2ccccc2)C(N)c2cc4c9c%10c2C1C8c1c-%10c2c(c8c1C7C6N(C8C)C(c1ccccc1)C5N)C(N)C(c1ccccc1)N1C(C)c5cccc(c5C9C21)C4C(N)C(=O)O)C3C(N)C(=O)O. The van der Waals surface area contributed by atoms with E-state index in [0.29, 0.717) is 0 Å². The second-order valence-corrected chi connectivity index (χ2v) is 33.5. The van der Waals surface area contributed by atoms with E-state index < -0.39 is 60.0 Å². The zero-order valence-electron chi connectivity index (χ0n) is 58.0. The number of nitrogens with two attached hydrogens (primary N) is 6. The summed E-state index contributed by atoms with van der Waals surface area (Å²) in [7, 11) is 0. The highest BCUT2D eigenvalue weighted by atomic mass is 16.4. The average molecular weight is 1360 g/mol. The molecule has 24 unspecified atom stereocenters. The summed E-state index contributed by atoms with van der Waals surface area (Å²) >= 11 is 0. The van der Waals surface area contributed by atoms with E-state index in [4.69, 9.17) is 34.4 Å². The number of carboxylic acids is 2. The van der Waals surface area contributed by atoms with Gasteiger partial charge in [-0.2, -0.15) is 0 Å². The standard InChI is InChI=1S/C90H78N10O4/c1-33-41-27-17-29-43-51(41)69-55-45(53(43)79(95)89(101)102)31-47-57-61(55)65-63-59-49(67-73(65)87(69)97(33)83(77(67)93)39-23-13-7-14-24-39)35(3)99-81(37-19-9-5-10-20-37)76(92)48-32-46-54(80(96)90(103)104)44-30-18-28-42-34(2)98-84(40-25-15-8-16-26-40)78(94)68-50-36(4)100(82(75(47)91)38-21-11-6-12-22-38)85(57)71(63)60(50)64-66-62(58(48)86(99)72(59)64)56(46)70(52(42)44)88(98)74(66)68/h5-36,53-54,69-72,75-88H,91-96H2,1-4H3,(H,101,102)(H,103,104). The van der Waals surface area contributed by atoms with Crippen LogP contribution in [-0.4, -0.2) is 53.8 Å². The van der Waals surface area contributed by atoms with Gasteiger partial charge >= 0.3 is 11.9 Å². The number of hydrogen-bond acceptors (Lipinski definition) is 12. The summed E-state index contributed by atoms with van der Waals surface area (Å²) in [5.74, 6) is -4.36. The highest BCUT2D eigenvalue weighted by Gasteiger charge is 2.71. The largest absolute Gasteiger partial charge is 0.480 e. The van der Waals surface area contributed by atoms with Gasteiger partial charge in [0.05, 0.1) is 36.3 Å². The molecule has 8 heterocycles. The van der Waals surface area contributed by atoms with Crippen molar-refractivity contribution in [2.24, 2.45) is 34.4 Å². The van der Waals surface area contributed by atoms with Crippen molar-refractivity contribution in [3.8, 4) is 22.3 Å². The van der Waals surface area contributed by atoms with Crippen LogP contribution < -0.4 is 34.4 Å². The second-order valence-electron chi connectivity index (χ2n) is 33.5. The summed E-state index contributed by atoms with van der Waals surface area (Å²) < 4.78 is 0. The van der Waals surface area contributed by atoms with Gasteiger partial charge in [-0.3, -0.25) is 29.2 Å². The van der Waals surface area contributed by atoms with Gasteiger partial charge in [0.1, 0.15) is 12.1 Å². The highest BCUT2D eigenvalue weighted by molar-refractivity contribution is 5.99. The molecule has 15 aliphatic rings. The van der Waals surface area contributed by atoms with Crippen LogP contribution in [0.3, 0.4) is 0 Å². The van der Waals surface area contributed by atoms with E-state index in [2.05, 4.69) is 217 Å². The molecule has 0 saturated heterocycles. The summed E-state index contributed by atoms with van der Waals surface area (Å²) in [6.07, 6.45) is 0. The molecule has 7 aliphatic carbocycles. The Kier molecular flexibility index (Phi) is 10.9. The van der Waals surface area contributed by atoms with Crippen LogP contribution in [0.2, 0.25) is 0 Å².